The second-order valence-corrected chi connectivity index (χ2v) is 5.31. The summed E-state index contributed by atoms with van der Waals surface area (Å²) in [6.07, 6.45) is -4.70. The van der Waals surface area contributed by atoms with Crippen LogP contribution in [0.1, 0.15) is 5.69 Å². The predicted octanol–water partition coefficient (Wildman–Crippen LogP) is 3.95. The van der Waals surface area contributed by atoms with Crippen molar-refractivity contribution in [1.82, 2.24) is 9.78 Å². The molecule has 2 rings (SSSR count). The average Bonchev–Trinajstić information content (AvgIpc) is 2.61. The molecule has 1 aromatic heterocycles. The zero-order valence-electron chi connectivity index (χ0n) is 10.3. The SMILES string of the molecule is Cn1nc(-c2c(F)cc(Cl)c(O)c2N)c(Br)c1C(F)(F)F. The summed E-state index contributed by atoms with van der Waals surface area (Å²) in [6, 6.07) is 0.747. The van der Waals surface area contributed by atoms with Crippen LogP contribution in [0.15, 0.2) is 10.5 Å². The molecule has 2 aromatic rings. The molecule has 0 fully saturated rings. The number of aromatic nitrogens is 2. The zero-order chi connectivity index (χ0) is 16.1. The summed E-state index contributed by atoms with van der Waals surface area (Å²) < 4.78 is 52.7. The van der Waals surface area contributed by atoms with Crippen LogP contribution in [-0.4, -0.2) is 14.9 Å². The highest BCUT2D eigenvalue weighted by Crippen LogP contribution is 2.45. The largest absolute Gasteiger partial charge is 0.504 e. The molecule has 0 aliphatic carbocycles. The molecule has 21 heavy (non-hydrogen) atoms. The maximum atomic E-state index is 14.0. The number of aryl methyl sites for hydroxylation is 1. The highest BCUT2D eigenvalue weighted by Gasteiger charge is 2.39. The van der Waals surface area contributed by atoms with Crippen molar-refractivity contribution >= 4 is 33.2 Å². The van der Waals surface area contributed by atoms with Crippen LogP contribution in [0.2, 0.25) is 5.02 Å². The summed E-state index contributed by atoms with van der Waals surface area (Å²) in [6.45, 7) is 0. The summed E-state index contributed by atoms with van der Waals surface area (Å²) in [5.74, 6) is -1.62. The number of halogens is 6. The third-order valence-corrected chi connectivity index (χ3v) is 3.78. The Bertz CT molecular complexity index is 729. The van der Waals surface area contributed by atoms with E-state index in [2.05, 4.69) is 21.0 Å². The van der Waals surface area contributed by atoms with Gasteiger partial charge in [0, 0.05) is 7.05 Å². The van der Waals surface area contributed by atoms with Gasteiger partial charge >= 0.3 is 6.18 Å². The summed E-state index contributed by atoms with van der Waals surface area (Å²) >= 11 is 8.29. The highest BCUT2D eigenvalue weighted by molar-refractivity contribution is 9.10. The van der Waals surface area contributed by atoms with Crippen LogP contribution in [0.25, 0.3) is 11.3 Å². The second-order valence-electron chi connectivity index (χ2n) is 4.11. The summed E-state index contributed by atoms with van der Waals surface area (Å²) in [7, 11) is 1.06. The fraction of sp³-hybridized carbons (Fsp3) is 0.182. The number of nitrogen functional groups attached to an aromatic ring is 1. The Labute approximate surface area is 129 Å². The van der Waals surface area contributed by atoms with Gasteiger partial charge in [-0.3, -0.25) is 4.68 Å². The van der Waals surface area contributed by atoms with E-state index in [1.165, 1.54) is 0 Å². The minimum Gasteiger partial charge on any atom is -0.504 e. The van der Waals surface area contributed by atoms with Crippen LogP contribution in [0.4, 0.5) is 23.2 Å². The van der Waals surface area contributed by atoms with Gasteiger partial charge in [0.25, 0.3) is 0 Å². The molecule has 0 radical (unpaired) electrons. The monoisotopic (exact) mass is 387 g/mol. The Kier molecular flexibility index (Phi) is 3.83. The number of rotatable bonds is 1. The lowest BCUT2D eigenvalue weighted by Gasteiger charge is -2.09. The van der Waals surface area contributed by atoms with E-state index < -0.39 is 39.2 Å². The molecule has 4 nitrogen and oxygen atoms in total. The van der Waals surface area contributed by atoms with E-state index in [-0.39, 0.29) is 10.7 Å². The number of aromatic hydroxyl groups is 1. The quantitative estimate of drug-likeness (QED) is 0.442. The molecule has 0 atom stereocenters. The van der Waals surface area contributed by atoms with Gasteiger partial charge in [0.2, 0.25) is 0 Å². The van der Waals surface area contributed by atoms with E-state index in [1.807, 2.05) is 0 Å². The normalized spacial score (nSPS) is 12.0. The van der Waals surface area contributed by atoms with Crippen LogP contribution < -0.4 is 5.73 Å². The smallest absolute Gasteiger partial charge is 0.434 e. The Morgan fingerprint density at radius 1 is 1.43 bits per heavy atom. The van der Waals surface area contributed by atoms with Crippen molar-refractivity contribution in [1.29, 1.82) is 0 Å². The van der Waals surface area contributed by atoms with E-state index in [0.29, 0.717) is 4.68 Å². The number of nitrogens with zero attached hydrogens (tertiary/aromatic N) is 2. The molecule has 1 aromatic carbocycles. The highest BCUT2D eigenvalue weighted by atomic mass is 79.9. The second kappa shape index (κ2) is 5.06. The summed E-state index contributed by atoms with van der Waals surface area (Å²) in [4.78, 5) is 0. The molecule has 0 aliphatic heterocycles. The number of anilines is 1. The molecule has 0 bridgehead atoms. The number of nitrogens with two attached hydrogens (primary N) is 1. The first kappa shape index (κ1) is 15.9. The van der Waals surface area contributed by atoms with Crippen molar-refractivity contribution in [2.24, 2.45) is 7.05 Å². The van der Waals surface area contributed by atoms with Crippen LogP contribution in [0.3, 0.4) is 0 Å². The molecule has 1 heterocycles. The Balaban J connectivity index is 2.79. The van der Waals surface area contributed by atoms with Crippen molar-refractivity contribution in [3.63, 3.8) is 0 Å². The number of benzene rings is 1. The Morgan fingerprint density at radius 3 is 2.48 bits per heavy atom. The van der Waals surface area contributed by atoms with Gasteiger partial charge in [0.15, 0.2) is 11.4 Å². The molecule has 0 spiro atoms. The molecule has 0 saturated heterocycles. The van der Waals surface area contributed by atoms with Crippen LogP contribution >= 0.6 is 27.5 Å². The summed E-state index contributed by atoms with van der Waals surface area (Å²) in [5.41, 5.74) is 3.08. The van der Waals surface area contributed by atoms with E-state index in [9.17, 15) is 22.7 Å². The van der Waals surface area contributed by atoms with Gasteiger partial charge in [-0.15, -0.1) is 0 Å². The number of hydrogen-bond donors (Lipinski definition) is 2. The van der Waals surface area contributed by atoms with Crippen LogP contribution in [0, 0.1) is 5.82 Å². The molecule has 10 heteroatoms. The molecule has 114 valence electrons. The van der Waals surface area contributed by atoms with E-state index in [4.69, 9.17) is 17.3 Å². The van der Waals surface area contributed by atoms with Gasteiger partial charge in [-0.05, 0) is 22.0 Å². The van der Waals surface area contributed by atoms with Crippen molar-refractivity contribution in [3.8, 4) is 17.0 Å². The molecule has 3 N–H and O–H groups in total. The maximum Gasteiger partial charge on any atom is 0.434 e. The van der Waals surface area contributed by atoms with Gasteiger partial charge in [-0.1, -0.05) is 11.6 Å². The first-order chi connectivity index (χ1) is 9.55. The van der Waals surface area contributed by atoms with Gasteiger partial charge in [-0.25, -0.2) is 4.39 Å². The maximum absolute atomic E-state index is 14.0. The number of phenols is 1. The number of phenolic OH excluding ortho intramolecular Hbond substituents is 1. The third kappa shape index (κ3) is 2.55. The van der Waals surface area contributed by atoms with Gasteiger partial charge < -0.3 is 10.8 Å². The van der Waals surface area contributed by atoms with Gasteiger partial charge in [0.05, 0.1) is 20.7 Å². The van der Waals surface area contributed by atoms with E-state index in [1.54, 1.807) is 0 Å². The third-order valence-electron chi connectivity index (χ3n) is 2.74. The van der Waals surface area contributed by atoms with Crippen LogP contribution in [-0.2, 0) is 13.2 Å². The first-order valence-corrected chi connectivity index (χ1v) is 6.49. The molecule has 0 aliphatic rings. The standard InChI is InChI=1S/C11H7BrClF4N3O/c1-20-10(11(15,16)17)6(12)8(19-20)5-4(14)2-3(13)9(21)7(5)18/h2,21H,18H2,1H3. The van der Waals surface area contributed by atoms with Crippen molar-refractivity contribution in [2.75, 3.05) is 5.73 Å². The van der Waals surface area contributed by atoms with Crippen molar-refractivity contribution in [3.05, 3.63) is 27.1 Å². The Hall–Kier alpha value is -1.48. The fourth-order valence-corrected chi connectivity index (χ4v) is 2.79. The molecule has 0 saturated carbocycles. The molecular formula is C11H7BrClF4N3O. The zero-order valence-corrected chi connectivity index (χ0v) is 12.6. The minimum absolute atomic E-state index is 0.350. The fourth-order valence-electron chi connectivity index (χ4n) is 1.83. The van der Waals surface area contributed by atoms with E-state index >= 15 is 0 Å². The molecule has 0 unspecified atom stereocenters. The average molecular weight is 389 g/mol. The molecular weight excluding hydrogens is 381 g/mol. The van der Waals surface area contributed by atoms with Crippen LogP contribution in [0.5, 0.6) is 5.75 Å². The Morgan fingerprint density at radius 2 is 2.00 bits per heavy atom. The first-order valence-electron chi connectivity index (χ1n) is 5.32. The lowest BCUT2D eigenvalue weighted by atomic mass is 10.1. The lowest BCUT2D eigenvalue weighted by Crippen LogP contribution is -2.12. The summed E-state index contributed by atoms with van der Waals surface area (Å²) in [5, 5.41) is 12.9. The topological polar surface area (TPSA) is 64.1 Å². The number of hydrogen-bond acceptors (Lipinski definition) is 3. The number of alkyl halides is 3. The van der Waals surface area contributed by atoms with E-state index in [0.717, 1.165) is 13.1 Å². The van der Waals surface area contributed by atoms with Gasteiger partial charge in [0.1, 0.15) is 11.5 Å². The van der Waals surface area contributed by atoms with Crippen molar-refractivity contribution in [2.45, 2.75) is 6.18 Å². The van der Waals surface area contributed by atoms with Crippen molar-refractivity contribution < 1.29 is 22.7 Å². The molecule has 0 amide bonds. The predicted molar refractivity (Wildman–Crippen MR) is 72.4 cm³/mol. The minimum atomic E-state index is -4.70. The lowest BCUT2D eigenvalue weighted by molar-refractivity contribution is -0.144. The van der Waals surface area contributed by atoms with Gasteiger partial charge in [-0.2, -0.15) is 18.3 Å².